The molecule has 1 heterocycles. The average Bonchev–Trinajstić information content (AvgIpc) is 2.51. The van der Waals surface area contributed by atoms with Gasteiger partial charge < -0.3 is 15.2 Å². The molecule has 0 fully saturated rings. The molecule has 1 aromatic carbocycles. The zero-order valence-electron chi connectivity index (χ0n) is 8.63. The number of ether oxygens (including phenoxy) is 2. The highest BCUT2D eigenvalue weighted by Crippen LogP contribution is 2.42. The summed E-state index contributed by atoms with van der Waals surface area (Å²) < 4.78 is 12.5. The minimum atomic E-state index is -0.553. The van der Waals surface area contributed by atoms with E-state index in [0.717, 1.165) is 28.8 Å². The topological polar surface area (TPSA) is 44.5 Å². The van der Waals surface area contributed by atoms with Gasteiger partial charge in [-0.1, -0.05) is 15.9 Å². The van der Waals surface area contributed by atoms with Gasteiger partial charge in [-0.3, -0.25) is 0 Å². The van der Waals surface area contributed by atoms with E-state index in [2.05, 4.69) is 15.9 Å². The Bertz CT molecular complexity index is 370. The van der Waals surface area contributed by atoms with Gasteiger partial charge in [0.05, 0.1) is 0 Å². The van der Waals surface area contributed by atoms with Crippen molar-refractivity contribution in [1.29, 1.82) is 0 Å². The molecule has 0 saturated carbocycles. The van der Waals surface area contributed by atoms with E-state index in [1.165, 1.54) is 0 Å². The predicted molar refractivity (Wildman–Crippen MR) is 62.1 cm³/mol. The van der Waals surface area contributed by atoms with Gasteiger partial charge in [0.25, 0.3) is 0 Å². The summed E-state index contributed by atoms with van der Waals surface area (Å²) in [6, 6.07) is 5.77. The van der Waals surface area contributed by atoms with Crippen molar-refractivity contribution in [1.82, 2.24) is 0 Å². The highest BCUT2D eigenvalue weighted by molar-refractivity contribution is 9.10. The maximum atomic E-state index is 5.77. The number of hydrogen-bond donors (Lipinski definition) is 1. The number of hydrogen-bond acceptors (Lipinski definition) is 3. The van der Waals surface area contributed by atoms with Crippen molar-refractivity contribution in [3.8, 4) is 11.5 Å². The van der Waals surface area contributed by atoms with Crippen LogP contribution in [0.25, 0.3) is 0 Å². The molecule has 0 aliphatic carbocycles. The summed E-state index contributed by atoms with van der Waals surface area (Å²) in [6.45, 7) is 2.60. The molecule has 0 amide bonds. The lowest BCUT2D eigenvalue weighted by Gasteiger charge is -2.22. The number of nitrogens with two attached hydrogens (primary N) is 1. The summed E-state index contributed by atoms with van der Waals surface area (Å²) in [5.74, 6) is 1.05. The molecule has 1 aromatic rings. The summed E-state index contributed by atoms with van der Waals surface area (Å²) in [4.78, 5) is 0. The molecular formula is C11H14BrNO2. The molecule has 1 aliphatic heterocycles. The van der Waals surface area contributed by atoms with E-state index < -0.39 is 5.79 Å². The van der Waals surface area contributed by atoms with Crippen LogP contribution >= 0.6 is 15.9 Å². The molecule has 0 spiro atoms. The molecule has 0 radical (unpaired) electrons. The highest BCUT2D eigenvalue weighted by atomic mass is 79.9. The third-order valence-electron chi connectivity index (χ3n) is 2.39. The Morgan fingerprint density at radius 2 is 2.07 bits per heavy atom. The first-order valence-corrected chi connectivity index (χ1v) is 5.80. The minimum Gasteiger partial charge on any atom is -0.449 e. The van der Waals surface area contributed by atoms with E-state index in [0.29, 0.717) is 6.54 Å². The molecule has 1 aliphatic rings. The van der Waals surface area contributed by atoms with Crippen LogP contribution in [0, 0.1) is 0 Å². The van der Waals surface area contributed by atoms with Gasteiger partial charge in [-0.2, -0.15) is 0 Å². The summed E-state index contributed by atoms with van der Waals surface area (Å²) in [5, 5.41) is 0. The molecule has 4 heteroatoms. The van der Waals surface area contributed by atoms with E-state index in [1.807, 2.05) is 25.1 Å². The van der Waals surface area contributed by atoms with Gasteiger partial charge in [0.1, 0.15) is 0 Å². The predicted octanol–water partition coefficient (Wildman–Crippen LogP) is 2.68. The zero-order chi connectivity index (χ0) is 10.9. The van der Waals surface area contributed by atoms with Crippen molar-refractivity contribution in [3.63, 3.8) is 0 Å². The maximum absolute atomic E-state index is 5.77. The largest absolute Gasteiger partial charge is 0.449 e. The molecule has 82 valence electrons. The highest BCUT2D eigenvalue weighted by Gasteiger charge is 2.35. The number of halogens is 1. The summed E-state index contributed by atoms with van der Waals surface area (Å²) in [6.07, 6.45) is 1.70. The van der Waals surface area contributed by atoms with Crippen molar-refractivity contribution in [3.05, 3.63) is 22.7 Å². The van der Waals surface area contributed by atoms with Gasteiger partial charge in [-0.05, 0) is 31.2 Å². The van der Waals surface area contributed by atoms with E-state index >= 15 is 0 Å². The molecule has 0 saturated heterocycles. The minimum absolute atomic E-state index is 0.553. The van der Waals surface area contributed by atoms with Gasteiger partial charge in [0.15, 0.2) is 11.5 Å². The van der Waals surface area contributed by atoms with Crippen LogP contribution in [0.3, 0.4) is 0 Å². The van der Waals surface area contributed by atoms with E-state index in [1.54, 1.807) is 0 Å². The van der Waals surface area contributed by atoms with Crippen LogP contribution in [0.15, 0.2) is 22.7 Å². The number of fused-ring (bicyclic) bond motifs is 1. The molecule has 2 N–H and O–H groups in total. The molecule has 2 rings (SSSR count). The summed E-state index contributed by atoms with van der Waals surface area (Å²) in [5.41, 5.74) is 5.48. The third kappa shape index (κ3) is 2.26. The Morgan fingerprint density at radius 1 is 1.33 bits per heavy atom. The van der Waals surface area contributed by atoms with Crippen LogP contribution in [0.5, 0.6) is 11.5 Å². The monoisotopic (exact) mass is 271 g/mol. The van der Waals surface area contributed by atoms with Crippen LogP contribution in [-0.2, 0) is 0 Å². The van der Waals surface area contributed by atoms with Gasteiger partial charge in [-0.25, -0.2) is 0 Å². The van der Waals surface area contributed by atoms with Crippen LogP contribution in [0.1, 0.15) is 19.8 Å². The van der Waals surface area contributed by atoms with Crippen LogP contribution in [-0.4, -0.2) is 12.3 Å². The Balaban J connectivity index is 2.14. The molecule has 1 unspecified atom stereocenters. The fourth-order valence-corrected chi connectivity index (χ4v) is 2.00. The average molecular weight is 272 g/mol. The Hall–Kier alpha value is -0.740. The van der Waals surface area contributed by atoms with Crippen molar-refractivity contribution in [2.75, 3.05) is 6.54 Å². The molecule has 1 atom stereocenters. The third-order valence-corrected chi connectivity index (χ3v) is 2.89. The SMILES string of the molecule is CC1(CCCN)Oc2ccc(Br)cc2O1. The second-order valence-corrected chi connectivity index (χ2v) is 4.74. The standard InChI is InChI=1S/C11H14BrNO2/c1-11(5-2-6-13)14-9-4-3-8(12)7-10(9)15-11/h3-4,7H,2,5-6,13H2,1H3. The number of benzene rings is 1. The maximum Gasteiger partial charge on any atom is 0.248 e. The van der Waals surface area contributed by atoms with Gasteiger partial charge >= 0.3 is 0 Å². The first-order valence-electron chi connectivity index (χ1n) is 5.01. The lowest BCUT2D eigenvalue weighted by atomic mass is 10.2. The summed E-state index contributed by atoms with van der Waals surface area (Å²) >= 11 is 3.40. The lowest BCUT2D eigenvalue weighted by Crippen LogP contribution is -2.35. The van der Waals surface area contributed by atoms with Crippen LogP contribution in [0.4, 0.5) is 0 Å². The Labute approximate surface area is 97.7 Å². The van der Waals surface area contributed by atoms with E-state index in [-0.39, 0.29) is 0 Å². The fourth-order valence-electron chi connectivity index (χ4n) is 1.66. The first-order chi connectivity index (χ1) is 7.13. The Morgan fingerprint density at radius 3 is 2.80 bits per heavy atom. The van der Waals surface area contributed by atoms with E-state index in [4.69, 9.17) is 15.2 Å². The van der Waals surface area contributed by atoms with Crippen LogP contribution < -0.4 is 15.2 Å². The van der Waals surface area contributed by atoms with Crippen LogP contribution in [0.2, 0.25) is 0 Å². The molecular weight excluding hydrogens is 258 g/mol. The van der Waals surface area contributed by atoms with Crippen molar-refractivity contribution in [2.45, 2.75) is 25.6 Å². The smallest absolute Gasteiger partial charge is 0.248 e. The molecule has 0 bridgehead atoms. The van der Waals surface area contributed by atoms with E-state index in [9.17, 15) is 0 Å². The van der Waals surface area contributed by atoms with Gasteiger partial charge in [-0.15, -0.1) is 0 Å². The molecule has 15 heavy (non-hydrogen) atoms. The molecule has 3 nitrogen and oxygen atoms in total. The normalized spacial score (nSPS) is 23.1. The quantitative estimate of drug-likeness (QED) is 0.920. The Kier molecular flexibility index (Phi) is 2.89. The second-order valence-electron chi connectivity index (χ2n) is 3.82. The first kappa shape index (κ1) is 10.8. The van der Waals surface area contributed by atoms with Crippen molar-refractivity contribution >= 4 is 15.9 Å². The lowest BCUT2D eigenvalue weighted by molar-refractivity contribution is -0.0688. The fraction of sp³-hybridized carbons (Fsp3) is 0.455. The summed E-state index contributed by atoms with van der Waals surface area (Å²) in [7, 11) is 0. The van der Waals surface area contributed by atoms with Gasteiger partial charge in [0.2, 0.25) is 5.79 Å². The number of rotatable bonds is 3. The molecule has 0 aromatic heterocycles. The van der Waals surface area contributed by atoms with Crippen molar-refractivity contribution < 1.29 is 9.47 Å². The second kappa shape index (κ2) is 4.02. The van der Waals surface area contributed by atoms with Gasteiger partial charge in [0, 0.05) is 17.8 Å². The van der Waals surface area contributed by atoms with Crippen molar-refractivity contribution in [2.24, 2.45) is 5.73 Å². The zero-order valence-corrected chi connectivity index (χ0v) is 10.2.